The highest BCUT2D eigenvalue weighted by molar-refractivity contribution is 5.72. The smallest absolute Gasteiger partial charge is 0.303 e. The highest BCUT2D eigenvalue weighted by Gasteiger charge is 2.44. The summed E-state index contributed by atoms with van der Waals surface area (Å²) in [5.74, 6) is -1.03. The lowest BCUT2D eigenvalue weighted by molar-refractivity contribution is -0.277. The van der Waals surface area contributed by atoms with Crippen LogP contribution in [0.4, 0.5) is 0 Å². The summed E-state index contributed by atoms with van der Waals surface area (Å²) in [5, 5.41) is 12.7. The first-order valence-electron chi connectivity index (χ1n) is 6.14. The minimum Gasteiger partial charge on any atom is -0.457 e. The number of carbonyl (C=O) groups is 2. The number of hydrogen-bond acceptors (Lipinski definition) is 6. The van der Waals surface area contributed by atoms with E-state index in [9.17, 15) is 14.7 Å². The molecule has 0 bridgehead atoms. The Morgan fingerprint density at radius 1 is 1.37 bits per heavy atom. The van der Waals surface area contributed by atoms with E-state index in [4.69, 9.17) is 14.2 Å². The predicted octanol–water partition coefficient (Wildman–Crippen LogP) is -0.577. The van der Waals surface area contributed by atoms with Crippen molar-refractivity contribution in [2.45, 2.75) is 45.4 Å². The van der Waals surface area contributed by atoms with E-state index in [0.29, 0.717) is 0 Å². The Labute approximate surface area is 112 Å². The first-order valence-corrected chi connectivity index (χ1v) is 6.14. The van der Waals surface area contributed by atoms with Crippen LogP contribution >= 0.6 is 0 Å². The maximum Gasteiger partial charge on any atom is 0.303 e. The molecule has 19 heavy (non-hydrogen) atoms. The number of rotatable bonds is 4. The number of aliphatic hydroxyl groups is 1. The molecular weight excluding hydrogens is 254 g/mol. The lowest BCUT2D eigenvalue weighted by Gasteiger charge is -2.42. The molecule has 5 unspecified atom stereocenters. The number of esters is 1. The van der Waals surface area contributed by atoms with Gasteiger partial charge in [0.25, 0.3) is 0 Å². The normalized spacial score (nSPS) is 34.7. The van der Waals surface area contributed by atoms with Crippen LogP contribution in [0.5, 0.6) is 0 Å². The van der Waals surface area contributed by atoms with E-state index in [1.807, 2.05) is 0 Å². The Morgan fingerprint density at radius 2 is 2.00 bits per heavy atom. The highest BCUT2D eigenvalue weighted by Crippen LogP contribution is 2.28. The standard InChI is InChI=1S/C12H21NO6/c1-6-10(16)9(5-13-7(2)14)19-12(17-4)11(6)18-8(3)15/h6,9-12,16H,5H2,1-4H3,(H,13,14). The minimum absolute atomic E-state index is 0.174. The zero-order valence-corrected chi connectivity index (χ0v) is 11.6. The Kier molecular flexibility index (Phi) is 5.71. The number of amides is 1. The number of hydrogen-bond donors (Lipinski definition) is 2. The van der Waals surface area contributed by atoms with Crippen molar-refractivity contribution in [1.29, 1.82) is 0 Å². The largest absolute Gasteiger partial charge is 0.457 e. The van der Waals surface area contributed by atoms with Crippen LogP contribution in [0.25, 0.3) is 0 Å². The molecule has 1 rings (SSSR count). The van der Waals surface area contributed by atoms with Gasteiger partial charge in [0, 0.05) is 33.4 Å². The van der Waals surface area contributed by atoms with Crippen LogP contribution in [0.2, 0.25) is 0 Å². The molecule has 0 aromatic heterocycles. The Morgan fingerprint density at radius 3 is 2.47 bits per heavy atom. The van der Waals surface area contributed by atoms with Crippen molar-refractivity contribution in [3.63, 3.8) is 0 Å². The van der Waals surface area contributed by atoms with Crippen molar-refractivity contribution in [2.24, 2.45) is 5.92 Å². The van der Waals surface area contributed by atoms with E-state index >= 15 is 0 Å². The van der Waals surface area contributed by atoms with Gasteiger partial charge in [0.05, 0.1) is 6.10 Å². The molecule has 5 atom stereocenters. The number of nitrogens with one attached hydrogen (secondary N) is 1. The second kappa shape index (κ2) is 6.83. The Bertz CT molecular complexity index is 330. The highest BCUT2D eigenvalue weighted by atomic mass is 16.7. The van der Waals surface area contributed by atoms with Gasteiger partial charge in [-0.3, -0.25) is 9.59 Å². The van der Waals surface area contributed by atoms with Gasteiger partial charge in [-0.05, 0) is 0 Å². The SMILES string of the molecule is COC1OC(CNC(C)=O)C(O)C(C)C1OC(C)=O. The summed E-state index contributed by atoms with van der Waals surface area (Å²) in [4.78, 5) is 21.9. The fourth-order valence-electron chi connectivity index (χ4n) is 2.07. The molecule has 0 spiro atoms. The monoisotopic (exact) mass is 275 g/mol. The second-order valence-corrected chi connectivity index (χ2v) is 4.64. The summed E-state index contributed by atoms with van der Waals surface area (Å²) in [7, 11) is 1.43. The van der Waals surface area contributed by atoms with Gasteiger partial charge in [0.2, 0.25) is 5.91 Å². The molecular formula is C12H21NO6. The molecule has 1 amide bonds. The fraction of sp³-hybridized carbons (Fsp3) is 0.833. The molecule has 1 aliphatic heterocycles. The third kappa shape index (κ3) is 4.15. The second-order valence-electron chi connectivity index (χ2n) is 4.64. The number of ether oxygens (including phenoxy) is 3. The maximum absolute atomic E-state index is 11.1. The molecule has 1 saturated heterocycles. The van der Waals surface area contributed by atoms with E-state index in [1.165, 1.54) is 21.0 Å². The number of carbonyl (C=O) groups excluding carboxylic acids is 2. The topological polar surface area (TPSA) is 94.1 Å². The van der Waals surface area contributed by atoms with Crippen LogP contribution < -0.4 is 5.32 Å². The van der Waals surface area contributed by atoms with Gasteiger partial charge in [-0.2, -0.15) is 0 Å². The van der Waals surface area contributed by atoms with Gasteiger partial charge in [0.15, 0.2) is 12.4 Å². The molecule has 0 aromatic rings. The summed E-state index contributed by atoms with van der Waals surface area (Å²) in [5.41, 5.74) is 0. The van der Waals surface area contributed by atoms with E-state index < -0.39 is 30.6 Å². The lowest BCUT2D eigenvalue weighted by atomic mass is 9.90. The summed E-state index contributed by atoms with van der Waals surface area (Å²) >= 11 is 0. The predicted molar refractivity (Wildman–Crippen MR) is 65.1 cm³/mol. The lowest BCUT2D eigenvalue weighted by Crippen LogP contribution is -2.57. The van der Waals surface area contributed by atoms with Gasteiger partial charge >= 0.3 is 5.97 Å². The van der Waals surface area contributed by atoms with Gasteiger partial charge in [-0.15, -0.1) is 0 Å². The van der Waals surface area contributed by atoms with Crippen LogP contribution in [0.1, 0.15) is 20.8 Å². The minimum atomic E-state index is -0.859. The van der Waals surface area contributed by atoms with Gasteiger partial charge in [0.1, 0.15) is 6.10 Å². The molecule has 1 aliphatic rings. The van der Waals surface area contributed by atoms with Crippen molar-refractivity contribution in [2.75, 3.05) is 13.7 Å². The molecule has 1 heterocycles. The average Bonchev–Trinajstić information content (AvgIpc) is 2.33. The molecule has 0 aromatic carbocycles. The van der Waals surface area contributed by atoms with Crippen molar-refractivity contribution in [3.8, 4) is 0 Å². The molecule has 0 saturated carbocycles. The quantitative estimate of drug-likeness (QED) is 0.667. The van der Waals surface area contributed by atoms with E-state index in [0.717, 1.165) is 0 Å². The molecule has 0 radical (unpaired) electrons. The molecule has 7 heteroatoms. The Hall–Kier alpha value is -1.18. The van der Waals surface area contributed by atoms with Crippen molar-refractivity contribution >= 4 is 11.9 Å². The number of methoxy groups -OCH3 is 1. The molecule has 0 aliphatic carbocycles. The van der Waals surface area contributed by atoms with Gasteiger partial charge in [-0.1, -0.05) is 6.92 Å². The van der Waals surface area contributed by atoms with Crippen LogP contribution in [0.3, 0.4) is 0 Å². The maximum atomic E-state index is 11.1. The zero-order chi connectivity index (χ0) is 14.6. The Balaban J connectivity index is 2.72. The summed E-state index contributed by atoms with van der Waals surface area (Å²) in [6.45, 7) is 4.59. The van der Waals surface area contributed by atoms with E-state index in [2.05, 4.69) is 5.32 Å². The zero-order valence-electron chi connectivity index (χ0n) is 11.6. The van der Waals surface area contributed by atoms with Crippen LogP contribution in [0.15, 0.2) is 0 Å². The summed E-state index contributed by atoms with van der Waals surface area (Å²) in [6, 6.07) is 0. The summed E-state index contributed by atoms with van der Waals surface area (Å²) in [6.07, 6.45) is -2.90. The first-order chi connectivity index (χ1) is 8.86. The van der Waals surface area contributed by atoms with E-state index in [-0.39, 0.29) is 18.4 Å². The van der Waals surface area contributed by atoms with Crippen LogP contribution in [-0.4, -0.2) is 55.2 Å². The van der Waals surface area contributed by atoms with Gasteiger partial charge in [-0.25, -0.2) is 0 Å². The molecule has 7 nitrogen and oxygen atoms in total. The summed E-state index contributed by atoms with van der Waals surface area (Å²) < 4.78 is 15.8. The van der Waals surface area contributed by atoms with Crippen LogP contribution in [-0.2, 0) is 23.8 Å². The molecule has 110 valence electrons. The number of aliphatic hydroxyl groups excluding tert-OH is 1. The van der Waals surface area contributed by atoms with Gasteiger partial charge < -0.3 is 24.6 Å². The fourth-order valence-corrected chi connectivity index (χ4v) is 2.07. The third-order valence-corrected chi connectivity index (χ3v) is 3.10. The van der Waals surface area contributed by atoms with Crippen molar-refractivity contribution < 1.29 is 28.9 Å². The molecule has 1 fully saturated rings. The van der Waals surface area contributed by atoms with Crippen LogP contribution in [0, 0.1) is 5.92 Å². The van der Waals surface area contributed by atoms with Crippen molar-refractivity contribution in [3.05, 3.63) is 0 Å². The first kappa shape index (κ1) is 15.9. The average molecular weight is 275 g/mol. The third-order valence-electron chi connectivity index (χ3n) is 3.10. The van der Waals surface area contributed by atoms with E-state index in [1.54, 1.807) is 6.92 Å². The van der Waals surface area contributed by atoms with Crippen molar-refractivity contribution in [1.82, 2.24) is 5.32 Å². The molecule has 2 N–H and O–H groups in total.